The van der Waals surface area contributed by atoms with Crippen molar-refractivity contribution in [3.8, 4) is 0 Å². The van der Waals surface area contributed by atoms with Crippen LogP contribution in [0.2, 0.25) is 0 Å². The molecule has 7 nitrogen and oxygen atoms in total. The van der Waals surface area contributed by atoms with Crippen molar-refractivity contribution in [1.82, 2.24) is 19.4 Å². The second-order valence-electron chi connectivity index (χ2n) is 6.37. The third kappa shape index (κ3) is 2.81. The van der Waals surface area contributed by atoms with Crippen molar-refractivity contribution in [2.24, 2.45) is 7.05 Å². The molecule has 0 unspecified atom stereocenters. The van der Waals surface area contributed by atoms with Gasteiger partial charge in [0.1, 0.15) is 0 Å². The van der Waals surface area contributed by atoms with Gasteiger partial charge in [-0.3, -0.25) is 14.2 Å². The smallest absolute Gasteiger partial charge is 0.326 e. The Morgan fingerprint density at radius 1 is 1.25 bits per heavy atom. The molecule has 2 aromatic rings. The first kappa shape index (κ1) is 16.3. The number of H-pyrrole nitrogens is 1. The normalized spacial score (nSPS) is 15.7. The van der Waals surface area contributed by atoms with Crippen LogP contribution in [0, 0.1) is 0 Å². The lowest BCUT2D eigenvalue weighted by atomic mass is 10.0. The molecule has 1 N–H and O–H groups in total. The number of aromatic amines is 1. The molecule has 2 amide bonds. The highest BCUT2D eigenvalue weighted by Crippen LogP contribution is 2.19. The summed E-state index contributed by atoms with van der Waals surface area (Å²) < 4.78 is 1.52. The summed E-state index contributed by atoms with van der Waals surface area (Å²) in [5.74, 6) is 0.0174. The number of rotatable bonds is 2. The quantitative estimate of drug-likeness (QED) is 0.890. The molecule has 1 aromatic carbocycles. The van der Waals surface area contributed by atoms with E-state index in [1.165, 1.54) is 4.57 Å². The van der Waals surface area contributed by atoms with Crippen LogP contribution in [0.5, 0.6) is 0 Å². The molecule has 1 aromatic heterocycles. The highest BCUT2D eigenvalue weighted by Gasteiger charge is 2.27. The van der Waals surface area contributed by atoms with E-state index in [9.17, 15) is 14.4 Å². The maximum Gasteiger partial charge on any atom is 0.326 e. The third-order valence-electron chi connectivity index (χ3n) is 4.93. The van der Waals surface area contributed by atoms with E-state index in [4.69, 9.17) is 0 Å². The number of carbonyl (C=O) groups is 2. The molecule has 2 heterocycles. The van der Waals surface area contributed by atoms with Crippen LogP contribution < -0.4 is 5.69 Å². The van der Waals surface area contributed by atoms with E-state index in [1.807, 2.05) is 4.90 Å². The van der Waals surface area contributed by atoms with Crippen molar-refractivity contribution in [3.05, 3.63) is 34.2 Å². The number of fused-ring (bicyclic) bond motifs is 1. The van der Waals surface area contributed by atoms with Crippen LogP contribution >= 0.6 is 0 Å². The van der Waals surface area contributed by atoms with Crippen LogP contribution in [0.4, 0.5) is 0 Å². The van der Waals surface area contributed by atoms with Gasteiger partial charge in [-0.2, -0.15) is 0 Å². The fourth-order valence-electron chi connectivity index (χ4n) is 3.31. The van der Waals surface area contributed by atoms with E-state index in [0.29, 0.717) is 24.2 Å². The van der Waals surface area contributed by atoms with Crippen molar-refractivity contribution in [1.29, 1.82) is 0 Å². The fraction of sp³-hybridized carbons (Fsp3) is 0.471. The minimum atomic E-state index is -0.195. The van der Waals surface area contributed by atoms with Crippen LogP contribution in [0.25, 0.3) is 11.0 Å². The summed E-state index contributed by atoms with van der Waals surface area (Å²) in [4.78, 5) is 42.1. The summed E-state index contributed by atoms with van der Waals surface area (Å²) in [6.07, 6.45) is 1.57. The number of hydrogen-bond acceptors (Lipinski definition) is 3. The number of hydrogen-bond donors (Lipinski definition) is 1. The largest absolute Gasteiger partial charge is 0.343 e. The first-order chi connectivity index (χ1) is 11.4. The Hall–Kier alpha value is -2.57. The van der Waals surface area contributed by atoms with Crippen molar-refractivity contribution >= 4 is 22.8 Å². The number of benzene rings is 1. The van der Waals surface area contributed by atoms with Crippen molar-refractivity contribution in [2.75, 3.05) is 20.1 Å². The molecule has 24 heavy (non-hydrogen) atoms. The summed E-state index contributed by atoms with van der Waals surface area (Å²) in [5.41, 5.74) is 1.79. The highest BCUT2D eigenvalue weighted by atomic mass is 16.2. The van der Waals surface area contributed by atoms with Gasteiger partial charge in [-0.05, 0) is 31.0 Å². The zero-order chi connectivity index (χ0) is 17.4. The second-order valence-corrected chi connectivity index (χ2v) is 6.37. The lowest BCUT2D eigenvalue weighted by Gasteiger charge is -2.36. The molecule has 1 saturated heterocycles. The van der Waals surface area contributed by atoms with Crippen molar-refractivity contribution < 1.29 is 9.59 Å². The monoisotopic (exact) mass is 330 g/mol. The molecule has 1 aliphatic heterocycles. The Kier molecular flexibility index (Phi) is 4.17. The Bertz CT molecular complexity index is 843. The van der Waals surface area contributed by atoms with Gasteiger partial charge in [-0.1, -0.05) is 0 Å². The van der Waals surface area contributed by atoms with Crippen LogP contribution in [-0.2, 0) is 11.8 Å². The number of piperidine rings is 1. The van der Waals surface area contributed by atoms with Crippen LogP contribution in [0.1, 0.15) is 30.1 Å². The summed E-state index contributed by atoms with van der Waals surface area (Å²) in [6, 6.07) is 5.38. The molecule has 128 valence electrons. The molecule has 0 atom stereocenters. The summed E-state index contributed by atoms with van der Waals surface area (Å²) >= 11 is 0. The van der Waals surface area contributed by atoms with Gasteiger partial charge in [0.05, 0.1) is 11.0 Å². The standard InChI is InChI=1S/C17H22N4O3/c1-11(22)21-8-6-13(7-9-21)19(2)16(23)12-4-5-15-14(10-12)18-17(24)20(15)3/h4-5,10,13H,6-9H2,1-3H3,(H,18,24). The van der Waals surface area contributed by atoms with Gasteiger partial charge in [-0.25, -0.2) is 4.79 Å². The van der Waals surface area contributed by atoms with Gasteiger partial charge in [0.2, 0.25) is 5.91 Å². The van der Waals surface area contributed by atoms with E-state index in [0.717, 1.165) is 18.4 Å². The van der Waals surface area contributed by atoms with Gasteiger partial charge in [0, 0.05) is 45.7 Å². The van der Waals surface area contributed by atoms with E-state index >= 15 is 0 Å². The van der Waals surface area contributed by atoms with Gasteiger partial charge in [-0.15, -0.1) is 0 Å². The van der Waals surface area contributed by atoms with E-state index in [2.05, 4.69) is 4.98 Å². The Balaban J connectivity index is 1.76. The summed E-state index contributed by atoms with van der Waals surface area (Å²) in [5, 5.41) is 0. The molecule has 0 spiro atoms. The molecule has 7 heteroatoms. The van der Waals surface area contributed by atoms with Gasteiger partial charge in [0.15, 0.2) is 0 Å². The van der Waals surface area contributed by atoms with Gasteiger partial charge < -0.3 is 14.8 Å². The molecule has 3 rings (SSSR count). The molecular weight excluding hydrogens is 308 g/mol. The molecule has 1 fully saturated rings. The minimum Gasteiger partial charge on any atom is -0.343 e. The SMILES string of the molecule is CC(=O)N1CCC(N(C)C(=O)c2ccc3c(c2)[nH]c(=O)n3C)CC1. The average molecular weight is 330 g/mol. The molecule has 1 aliphatic rings. The van der Waals surface area contributed by atoms with Crippen LogP contribution in [-0.4, -0.2) is 57.3 Å². The average Bonchev–Trinajstić information content (AvgIpc) is 2.87. The number of likely N-dealkylation sites (tertiary alicyclic amines) is 1. The maximum absolute atomic E-state index is 12.7. The van der Waals surface area contributed by atoms with Crippen LogP contribution in [0.3, 0.4) is 0 Å². The van der Waals surface area contributed by atoms with Crippen molar-refractivity contribution in [3.63, 3.8) is 0 Å². The number of aryl methyl sites for hydroxylation is 1. The third-order valence-corrected chi connectivity index (χ3v) is 4.93. The number of carbonyl (C=O) groups excluding carboxylic acids is 2. The number of nitrogens with one attached hydrogen (secondary N) is 1. The second kappa shape index (κ2) is 6.14. The fourth-order valence-corrected chi connectivity index (χ4v) is 3.31. The Morgan fingerprint density at radius 3 is 2.54 bits per heavy atom. The zero-order valence-electron chi connectivity index (χ0n) is 14.2. The molecule has 0 bridgehead atoms. The summed E-state index contributed by atoms with van der Waals surface area (Å²) in [7, 11) is 3.49. The predicted molar refractivity (Wildman–Crippen MR) is 90.9 cm³/mol. The van der Waals surface area contributed by atoms with Crippen LogP contribution in [0.15, 0.2) is 23.0 Å². The molecule has 0 aliphatic carbocycles. The lowest BCUT2D eigenvalue weighted by molar-refractivity contribution is -0.130. The highest BCUT2D eigenvalue weighted by molar-refractivity contribution is 5.97. The zero-order valence-corrected chi connectivity index (χ0v) is 14.2. The number of amides is 2. The summed E-state index contributed by atoms with van der Waals surface area (Å²) in [6.45, 7) is 2.94. The molecule has 0 saturated carbocycles. The predicted octanol–water partition coefficient (Wildman–Crippen LogP) is 0.949. The number of nitrogens with zero attached hydrogens (tertiary/aromatic N) is 3. The number of aromatic nitrogens is 2. The molecular formula is C17H22N4O3. The van der Waals surface area contributed by atoms with E-state index in [1.54, 1.807) is 44.1 Å². The molecule has 0 radical (unpaired) electrons. The first-order valence-electron chi connectivity index (χ1n) is 8.10. The Labute approximate surface area is 139 Å². The van der Waals surface area contributed by atoms with E-state index in [-0.39, 0.29) is 23.5 Å². The topological polar surface area (TPSA) is 78.4 Å². The Morgan fingerprint density at radius 2 is 1.92 bits per heavy atom. The van der Waals surface area contributed by atoms with E-state index < -0.39 is 0 Å². The number of imidazole rings is 1. The first-order valence-corrected chi connectivity index (χ1v) is 8.10. The van der Waals surface area contributed by atoms with Gasteiger partial charge >= 0.3 is 5.69 Å². The maximum atomic E-state index is 12.7. The van der Waals surface area contributed by atoms with Crippen molar-refractivity contribution in [2.45, 2.75) is 25.8 Å². The lowest BCUT2D eigenvalue weighted by Crippen LogP contribution is -2.46. The van der Waals surface area contributed by atoms with Gasteiger partial charge in [0.25, 0.3) is 5.91 Å². The minimum absolute atomic E-state index is 0.0668.